The van der Waals surface area contributed by atoms with Gasteiger partial charge in [0.1, 0.15) is 13.2 Å². The van der Waals surface area contributed by atoms with E-state index in [0.717, 1.165) is 0 Å². The lowest BCUT2D eigenvalue weighted by atomic mass is 10.1. The molecule has 2 nitrogen and oxygen atoms in total. The third kappa shape index (κ3) is 2.85. The van der Waals surface area contributed by atoms with Crippen molar-refractivity contribution in [3.63, 3.8) is 0 Å². The van der Waals surface area contributed by atoms with Crippen molar-refractivity contribution in [1.82, 2.24) is 9.88 Å². The molecule has 22 heavy (non-hydrogen) atoms. The standard InChI is InChI=1S/C18H23ClN2Si/c1-21-11-7-10-16(21)14-12-17(18(19)20-13-14)22(2,3)15-8-5-4-6-9-15/h4-6,8-9,12-13,16H,7,10-11H2,1-3H3/t16-/m0/s1. The second-order valence-corrected chi connectivity index (χ2v) is 11.5. The number of aromatic nitrogens is 1. The first kappa shape index (κ1) is 15.7. The van der Waals surface area contributed by atoms with E-state index in [-0.39, 0.29) is 0 Å². The van der Waals surface area contributed by atoms with Gasteiger partial charge in [0.15, 0.2) is 0 Å². The zero-order valence-electron chi connectivity index (χ0n) is 13.5. The Hall–Kier alpha value is -1.16. The lowest BCUT2D eigenvalue weighted by Gasteiger charge is -2.27. The summed E-state index contributed by atoms with van der Waals surface area (Å²) in [5, 5.41) is 3.32. The Morgan fingerprint density at radius 1 is 1.23 bits per heavy atom. The molecule has 1 aromatic carbocycles. The number of likely N-dealkylation sites (tertiary alicyclic amines) is 1. The molecule has 0 radical (unpaired) electrons. The van der Waals surface area contributed by atoms with E-state index in [2.05, 4.69) is 66.4 Å². The van der Waals surface area contributed by atoms with Gasteiger partial charge in [-0.25, -0.2) is 4.98 Å². The Labute approximate surface area is 139 Å². The fourth-order valence-electron chi connectivity index (χ4n) is 3.43. The smallest absolute Gasteiger partial charge is 0.128 e. The number of benzene rings is 1. The Bertz CT molecular complexity index is 657. The van der Waals surface area contributed by atoms with E-state index in [4.69, 9.17) is 11.6 Å². The van der Waals surface area contributed by atoms with Crippen molar-refractivity contribution in [1.29, 1.82) is 0 Å². The minimum Gasteiger partial charge on any atom is -0.299 e. The van der Waals surface area contributed by atoms with E-state index in [1.165, 1.54) is 35.3 Å². The van der Waals surface area contributed by atoms with Crippen LogP contribution in [0.3, 0.4) is 0 Å². The van der Waals surface area contributed by atoms with Crippen LogP contribution < -0.4 is 10.4 Å². The van der Waals surface area contributed by atoms with Gasteiger partial charge >= 0.3 is 0 Å². The van der Waals surface area contributed by atoms with Gasteiger partial charge in [-0.05, 0) is 37.2 Å². The topological polar surface area (TPSA) is 16.1 Å². The summed E-state index contributed by atoms with van der Waals surface area (Å²) < 4.78 is 0. The molecule has 1 aromatic heterocycles. The normalized spacial score (nSPS) is 19.5. The van der Waals surface area contributed by atoms with Gasteiger partial charge in [0.25, 0.3) is 0 Å². The second kappa shape index (κ2) is 6.15. The number of rotatable bonds is 3. The SMILES string of the molecule is CN1CCC[C@H]1c1cnc(Cl)c([Si](C)(C)c2ccccc2)c1. The van der Waals surface area contributed by atoms with Crippen molar-refractivity contribution in [3.8, 4) is 0 Å². The van der Waals surface area contributed by atoms with E-state index in [0.29, 0.717) is 11.2 Å². The summed E-state index contributed by atoms with van der Waals surface area (Å²) in [7, 11) is 0.383. The maximum atomic E-state index is 6.48. The maximum absolute atomic E-state index is 6.48. The molecule has 0 spiro atoms. The molecule has 116 valence electrons. The van der Waals surface area contributed by atoms with Gasteiger partial charge < -0.3 is 0 Å². The average molecular weight is 331 g/mol. The van der Waals surface area contributed by atoms with Crippen LogP contribution in [0.4, 0.5) is 0 Å². The van der Waals surface area contributed by atoms with Crippen LogP contribution in [0.15, 0.2) is 42.6 Å². The third-order valence-corrected chi connectivity index (χ3v) is 8.90. The first-order valence-corrected chi connectivity index (χ1v) is 11.3. The second-order valence-electron chi connectivity index (χ2n) is 6.74. The van der Waals surface area contributed by atoms with Crippen LogP contribution in [0.1, 0.15) is 24.4 Å². The van der Waals surface area contributed by atoms with Gasteiger partial charge in [0.2, 0.25) is 0 Å². The highest BCUT2D eigenvalue weighted by atomic mass is 35.5. The molecule has 0 aliphatic carbocycles. The molecule has 1 atom stereocenters. The predicted octanol–water partition coefficient (Wildman–Crippen LogP) is 3.32. The van der Waals surface area contributed by atoms with E-state index in [1.54, 1.807) is 0 Å². The van der Waals surface area contributed by atoms with Crippen LogP contribution in [0.25, 0.3) is 0 Å². The molecule has 0 bridgehead atoms. The molecule has 1 fully saturated rings. The highest BCUT2D eigenvalue weighted by molar-refractivity contribution is 7.01. The minimum absolute atomic E-state index is 0.490. The molecule has 0 N–H and O–H groups in total. The van der Waals surface area contributed by atoms with Crippen molar-refractivity contribution in [2.45, 2.75) is 32.0 Å². The van der Waals surface area contributed by atoms with E-state index in [1.807, 2.05) is 6.20 Å². The summed E-state index contributed by atoms with van der Waals surface area (Å²) in [6, 6.07) is 13.5. The van der Waals surface area contributed by atoms with Gasteiger partial charge in [0.05, 0.1) is 0 Å². The van der Waals surface area contributed by atoms with E-state index < -0.39 is 8.07 Å². The van der Waals surface area contributed by atoms with Crippen LogP contribution in [0.5, 0.6) is 0 Å². The van der Waals surface area contributed by atoms with Crippen molar-refractivity contribution in [2.24, 2.45) is 0 Å². The molecular weight excluding hydrogens is 308 g/mol. The summed E-state index contributed by atoms with van der Waals surface area (Å²) in [4.78, 5) is 6.95. The third-order valence-electron chi connectivity index (χ3n) is 4.93. The fourth-order valence-corrected chi connectivity index (χ4v) is 6.68. The summed E-state index contributed by atoms with van der Waals surface area (Å²) in [5.41, 5.74) is 1.32. The lowest BCUT2D eigenvalue weighted by Crippen LogP contribution is -2.53. The van der Waals surface area contributed by atoms with Gasteiger partial charge in [0, 0.05) is 12.2 Å². The highest BCUT2D eigenvalue weighted by Crippen LogP contribution is 2.30. The first-order valence-electron chi connectivity index (χ1n) is 7.92. The molecule has 0 unspecified atom stereocenters. The largest absolute Gasteiger partial charge is 0.299 e. The molecular formula is C18H23ClN2Si. The van der Waals surface area contributed by atoms with Crippen molar-refractivity contribution in [3.05, 3.63) is 53.3 Å². The van der Waals surface area contributed by atoms with Crippen LogP contribution in [0, 0.1) is 0 Å². The maximum Gasteiger partial charge on any atom is 0.128 e. The molecule has 0 saturated carbocycles. The van der Waals surface area contributed by atoms with Gasteiger partial charge in [-0.15, -0.1) is 0 Å². The lowest BCUT2D eigenvalue weighted by molar-refractivity contribution is 0.317. The molecule has 3 rings (SSSR count). The van der Waals surface area contributed by atoms with Gasteiger partial charge in [-0.2, -0.15) is 0 Å². The number of hydrogen-bond donors (Lipinski definition) is 0. The Morgan fingerprint density at radius 2 is 1.95 bits per heavy atom. The Kier molecular flexibility index (Phi) is 4.39. The molecule has 1 aliphatic rings. The molecule has 2 heterocycles. The highest BCUT2D eigenvalue weighted by Gasteiger charge is 2.31. The predicted molar refractivity (Wildman–Crippen MR) is 97.0 cm³/mol. The number of pyridine rings is 1. The number of nitrogens with zero attached hydrogens (tertiary/aromatic N) is 2. The summed E-state index contributed by atoms with van der Waals surface area (Å²) in [5.74, 6) is 0. The number of halogens is 1. The molecule has 4 heteroatoms. The number of hydrogen-bond acceptors (Lipinski definition) is 2. The van der Waals surface area contributed by atoms with Crippen LogP contribution in [0.2, 0.25) is 18.2 Å². The summed E-state index contributed by atoms with van der Waals surface area (Å²) in [6.45, 7) is 5.88. The first-order chi connectivity index (χ1) is 10.5. The molecule has 2 aromatic rings. The van der Waals surface area contributed by atoms with Crippen LogP contribution in [-0.2, 0) is 0 Å². The summed E-state index contributed by atoms with van der Waals surface area (Å²) in [6.07, 6.45) is 4.44. The van der Waals surface area contributed by atoms with E-state index >= 15 is 0 Å². The van der Waals surface area contributed by atoms with Gasteiger partial charge in [-0.3, -0.25) is 4.90 Å². The summed E-state index contributed by atoms with van der Waals surface area (Å²) >= 11 is 6.48. The Morgan fingerprint density at radius 3 is 2.59 bits per heavy atom. The van der Waals surface area contributed by atoms with Crippen molar-refractivity contribution < 1.29 is 0 Å². The minimum atomic E-state index is -1.82. The van der Waals surface area contributed by atoms with E-state index in [9.17, 15) is 0 Å². The fraction of sp³-hybridized carbons (Fsp3) is 0.389. The average Bonchev–Trinajstić information content (AvgIpc) is 2.95. The Balaban J connectivity index is 2.03. The zero-order valence-corrected chi connectivity index (χ0v) is 15.3. The quantitative estimate of drug-likeness (QED) is 0.634. The van der Waals surface area contributed by atoms with Crippen molar-refractivity contribution >= 4 is 30.0 Å². The monoisotopic (exact) mass is 330 g/mol. The van der Waals surface area contributed by atoms with Crippen LogP contribution >= 0.6 is 11.6 Å². The molecule has 0 amide bonds. The zero-order chi connectivity index (χ0) is 15.7. The molecule has 1 aliphatic heterocycles. The van der Waals surface area contributed by atoms with Gasteiger partial charge in [-0.1, -0.05) is 66.3 Å². The molecule has 1 saturated heterocycles. The van der Waals surface area contributed by atoms with Crippen LogP contribution in [-0.4, -0.2) is 31.6 Å². The van der Waals surface area contributed by atoms with Crippen molar-refractivity contribution in [2.75, 3.05) is 13.6 Å².